The summed E-state index contributed by atoms with van der Waals surface area (Å²) < 4.78 is 0. The first kappa shape index (κ1) is 20.4. The number of carbonyl (C=O) groups excluding carboxylic acids is 1. The van der Waals surface area contributed by atoms with Gasteiger partial charge in [0.25, 0.3) is 0 Å². The van der Waals surface area contributed by atoms with Gasteiger partial charge in [0, 0.05) is 18.3 Å². The number of hydrogen-bond donors (Lipinski definition) is 2. The van der Waals surface area contributed by atoms with Crippen molar-refractivity contribution in [3.8, 4) is 0 Å². The number of carbonyl (C=O) groups is 2. The number of aliphatic carboxylic acids is 1. The van der Waals surface area contributed by atoms with Gasteiger partial charge >= 0.3 is 5.97 Å². The van der Waals surface area contributed by atoms with Gasteiger partial charge in [-0.05, 0) is 79.4 Å². The number of fused-ring (bicyclic) bond motifs is 5. The van der Waals surface area contributed by atoms with Crippen LogP contribution in [0.4, 0.5) is 0 Å². The third kappa shape index (κ3) is 2.88. The molecule has 4 aliphatic carbocycles. The van der Waals surface area contributed by atoms with Crippen molar-refractivity contribution >= 4 is 11.8 Å². The minimum Gasteiger partial charge on any atom is -0.481 e. The first-order chi connectivity index (χ1) is 13.2. The molecule has 2 N–H and O–H groups in total. The van der Waals surface area contributed by atoms with Gasteiger partial charge in [-0.3, -0.25) is 9.59 Å². The minimum atomic E-state index is -0.749. The molecule has 0 spiro atoms. The molecule has 4 heteroatoms. The molecule has 4 aliphatic rings. The lowest BCUT2D eigenvalue weighted by molar-refractivity contribution is -0.176. The summed E-state index contributed by atoms with van der Waals surface area (Å²) in [5, 5.41) is 20.3. The summed E-state index contributed by atoms with van der Waals surface area (Å²) in [5.41, 5.74) is -0.163. The Balaban J connectivity index is 1.62. The molecule has 0 amide bonds. The second-order valence-corrected chi connectivity index (χ2v) is 11.0. The van der Waals surface area contributed by atoms with Gasteiger partial charge in [-0.15, -0.1) is 0 Å². The van der Waals surface area contributed by atoms with Crippen LogP contribution in [0.1, 0.15) is 85.0 Å². The third-order valence-electron chi connectivity index (χ3n) is 10.0. The van der Waals surface area contributed by atoms with Gasteiger partial charge in [0.15, 0.2) is 0 Å². The average molecular weight is 391 g/mol. The molecule has 28 heavy (non-hydrogen) atoms. The van der Waals surface area contributed by atoms with E-state index in [4.69, 9.17) is 5.11 Å². The molecule has 0 aromatic rings. The second kappa shape index (κ2) is 7.11. The Kier molecular flexibility index (Phi) is 5.17. The number of Topliss-reactive ketones (excluding diaryl/α,β-unsaturated/α-hetero) is 1. The van der Waals surface area contributed by atoms with E-state index < -0.39 is 5.97 Å². The average Bonchev–Trinajstić information content (AvgIpc) is 3.00. The van der Waals surface area contributed by atoms with Crippen LogP contribution in [0.5, 0.6) is 0 Å². The van der Waals surface area contributed by atoms with Crippen LogP contribution in [-0.4, -0.2) is 28.1 Å². The quantitative estimate of drug-likeness (QED) is 0.730. The summed E-state index contributed by atoms with van der Waals surface area (Å²) in [6.07, 6.45) is 9.07. The molecule has 4 saturated carbocycles. The molecular formula is C24H38O4. The van der Waals surface area contributed by atoms with E-state index in [0.717, 1.165) is 19.3 Å². The fraction of sp³-hybridized carbons (Fsp3) is 0.917. The molecule has 4 nitrogen and oxygen atoms in total. The van der Waals surface area contributed by atoms with Gasteiger partial charge in [0.1, 0.15) is 5.78 Å². The molecule has 0 bridgehead atoms. The van der Waals surface area contributed by atoms with Crippen LogP contribution in [0.25, 0.3) is 0 Å². The molecule has 158 valence electrons. The normalized spacial score (nSPS) is 49.1. The van der Waals surface area contributed by atoms with Crippen molar-refractivity contribution in [3.63, 3.8) is 0 Å². The highest BCUT2D eigenvalue weighted by Crippen LogP contribution is 2.67. The van der Waals surface area contributed by atoms with Crippen molar-refractivity contribution in [2.24, 2.45) is 46.3 Å². The van der Waals surface area contributed by atoms with E-state index in [2.05, 4.69) is 20.8 Å². The van der Waals surface area contributed by atoms with Gasteiger partial charge in [0.05, 0.1) is 6.10 Å². The number of carboxylic acids is 1. The van der Waals surface area contributed by atoms with Crippen LogP contribution in [0.2, 0.25) is 0 Å². The highest BCUT2D eigenvalue weighted by atomic mass is 16.4. The summed E-state index contributed by atoms with van der Waals surface area (Å²) in [7, 11) is 0. The van der Waals surface area contributed by atoms with Crippen LogP contribution in [0, 0.1) is 46.3 Å². The van der Waals surface area contributed by atoms with E-state index in [1.165, 1.54) is 25.7 Å². The van der Waals surface area contributed by atoms with Crippen LogP contribution in [-0.2, 0) is 9.59 Å². The first-order valence-electron chi connectivity index (χ1n) is 11.6. The lowest BCUT2D eigenvalue weighted by atomic mass is 9.43. The van der Waals surface area contributed by atoms with Gasteiger partial charge < -0.3 is 10.2 Å². The number of aliphatic hydroxyl groups is 1. The smallest absolute Gasteiger partial charge is 0.303 e. The highest BCUT2D eigenvalue weighted by molar-refractivity contribution is 5.87. The Morgan fingerprint density at radius 1 is 1.18 bits per heavy atom. The van der Waals surface area contributed by atoms with Crippen LogP contribution in [0.3, 0.4) is 0 Å². The number of carboxylic acid groups (broad SMARTS) is 1. The summed E-state index contributed by atoms with van der Waals surface area (Å²) in [4.78, 5) is 24.7. The number of hydrogen-bond acceptors (Lipinski definition) is 3. The fourth-order valence-corrected chi connectivity index (χ4v) is 8.47. The Morgan fingerprint density at radius 3 is 2.64 bits per heavy atom. The van der Waals surface area contributed by atoms with Gasteiger partial charge in [0.2, 0.25) is 0 Å². The standard InChI is InChI=1S/C24H38O4/c1-14(7-10-21(27)28)16-8-9-17-22-18(13-20(26)24(16,17)3)23(2)11-5-4-6-15(23)12-19(22)25/h14-19,22,25H,4-13H2,1-3H3,(H,27,28)/t14-,15-,16-,17+,18+,19+,22+,23+,24-/m1/s1. The molecule has 0 saturated heterocycles. The van der Waals surface area contributed by atoms with Crippen molar-refractivity contribution in [1.29, 1.82) is 0 Å². The number of ketones is 1. The Hall–Kier alpha value is -0.900. The van der Waals surface area contributed by atoms with Crippen molar-refractivity contribution in [2.45, 2.75) is 91.1 Å². The Bertz CT molecular complexity index is 645. The lowest BCUT2D eigenvalue weighted by Gasteiger charge is -2.61. The molecule has 9 atom stereocenters. The summed E-state index contributed by atoms with van der Waals surface area (Å²) in [6.45, 7) is 6.71. The zero-order chi connectivity index (χ0) is 20.3. The maximum Gasteiger partial charge on any atom is 0.303 e. The van der Waals surface area contributed by atoms with Gasteiger partial charge in [-0.1, -0.05) is 33.6 Å². The topological polar surface area (TPSA) is 74.6 Å². The monoisotopic (exact) mass is 390 g/mol. The molecule has 4 fully saturated rings. The Morgan fingerprint density at radius 2 is 1.93 bits per heavy atom. The van der Waals surface area contributed by atoms with Crippen molar-refractivity contribution in [1.82, 2.24) is 0 Å². The van der Waals surface area contributed by atoms with E-state index in [9.17, 15) is 14.7 Å². The molecule has 0 aromatic carbocycles. The SMILES string of the molecule is C[C@H](CCC(=O)O)[C@H]1CC[C@H]2[C@@H]3[C@@H](O)C[C@H]4CCCC[C@]4(C)[C@H]3CC(=O)[C@]12C. The first-order valence-corrected chi connectivity index (χ1v) is 11.6. The molecule has 0 heterocycles. The summed E-state index contributed by atoms with van der Waals surface area (Å²) in [6, 6.07) is 0. The summed E-state index contributed by atoms with van der Waals surface area (Å²) >= 11 is 0. The van der Waals surface area contributed by atoms with Crippen LogP contribution < -0.4 is 0 Å². The van der Waals surface area contributed by atoms with Crippen LogP contribution in [0.15, 0.2) is 0 Å². The van der Waals surface area contributed by atoms with E-state index >= 15 is 0 Å². The maximum absolute atomic E-state index is 13.6. The van der Waals surface area contributed by atoms with E-state index in [-0.39, 0.29) is 47.0 Å². The molecule has 0 radical (unpaired) electrons. The van der Waals surface area contributed by atoms with E-state index in [1.807, 2.05) is 0 Å². The molecule has 0 unspecified atom stereocenters. The van der Waals surface area contributed by atoms with Crippen molar-refractivity contribution in [2.75, 3.05) is 0 Å². The predicted molar refractivity (Wildman–Crippen MR) is 108 cm³/mol. The lowest BCUT2D eigenvalue weighted by Crippen LogP contribution is -2.60. The largest absolute Gasteiger partial charge is 0.481 e. The van der Waals surface area contributed by atoms with Gasteiger partial charge in [-0.25, -0.2) is 0 Å². The van der Waals surface area contributed by atoms with Crippen LogP contribution >= 0.6 is 0 Å². The summed E-state index contributed by atoms with van der Waals surface area (Å²) in [5.74, 6) is 1.58. The molecule has 0 aliphatic heterocycles. The predicted octanol–water partition coefficient (Wildman–Crippen LogP) is 4.69. The highest BCUT2D eigenvalue weighted by Gasteiger charge is 2.65. The number of rotatable bonds is 4. The zero-order valence-corrected chi connectivity index (χ0v) is 17.8. The molecular weight excluding hydrogens is 352 g/mol. The molecule has 0 aromatic heterocycles. The molecule has 4 rings (SSSR count). The van der Waals surface area contributed by atoms with E-state index in [1.54, 1.807) is 0 Å². The Labute approximate surface area is 169 Å². The van der Waals surface area contributed by atoms with E-state index in [0.29, 0.717) is 30.5 Å². The van der Waals surface area contributed by atoms with Gasteiger partial charge in [-0.2, -0.15) is 0 Å². The van der Waals surface area contributed by atoms with Crippen molar-refractivity contribution in [3.05, 3.63) is 0 Å². The third-order valence-corrected chi connectivity index (χ3v) is 10.0. The number of aliphatic hydroxyl groups excluding tert-OH is 1. The maximum atomic E-state index is 13.6. The van der Waals surface area contributed by atoms with Crippen molar-refractivity contribution < 1.29 is 19.8 Å². The second-order valence-electron chi connectivity index (χ2n) is 11.0. The zero-order valence-electron chi connectivity index (χ0n) is 17.8. The minimum absolute atomic E-state index is 0.182. The fourth-order valence-electron chi connectivity index (χ4n) is 8.47.